The highest BCUT2D eigenvalue weighted by atomic mass is 16.5. The van der Waals surface area contributed by atoms with Crippen molar-refractivity contribution in [2.24, 2.45) is 11.3 Å². The monoisotopic (exact) mass is 284 g/mol. The van der Waals surface area contributed by atoms with Crippen LogP contribution in [-0.4, -0.2) is 50.7 Å². The molecule has 0 saturated carbocycles. The Labute approximate surface area is 124 Å². The lowest BCUT2D eigenvalue weighted by Crippen LogP contribution is -2.53. The second-order valence-corrected chi connectivity index (χ2v) is 6.45. The van der Waals surface area contributed by atoms with Crippen molar-refractivity contribution >= 4 is 5.91 Å². The molecule has 1 N–H and O–H groups in total. The normalized spacial score (nSPS) is 23.1. The predicted molar refractivity (Wildman–Crippen MR) is 82.7 cm³/mol. The molecule has 0 aliphatic carbocycles. The van der Waals surface area contributed by atoms with Crippen LogP contribution < -0.4 is 5.32 Å². The fourth-order valence-electron chi connectivity index (χ4n) is 3.20. The zero-order chi connectivity index (χ0) is 15.0. The van der Waals surface area contributed by atoms with Crippen LogP contribution in [0.25, 0.3) is 0 Å². The van der Waals surface area contributed by atoms with Gasteiger partial charge in [0.15, 0.2) is 0 Å². The Morgan fingerprint density at radius 1 is 1.45 bits per heavy atom. The Kier molecular flexibility index (Phi) is 7.52. The van der Waals surface area contributed by atoms with Gasteiger partial charge in [-0.2, -0.15) is 0 Å². The van der Waals surface area contributed by atoms with E-state index in [9.17, 15) is 4.79 Å². The van der Waals surface area contributed by atoms with Crippen LogP contribution in [-0.2, 0) is 9.53 Å². The molecule has 20 heavy (non-hydrogen) atoms. The standard InChI is InChI=1S/C16H32N2O2/c1-5-7-16(8-6-9-17-13-16)15(19)18(10-11-20-4)12-14(2)3/h14,17H,5-13H2,1-4H3. The van der Waals surface area contributed by atoms with E-state index in [0.29, 0.717) is 25.0 Å². The van der Waals surface area contributed by atoms with Gasteiger partial charge >= 0.3 is 0 Å². The third kappa shape index (κ3) is 4.74. The lowest BCUT2D eigenvalue weighted by atomic mass is 9.75. The largest absolute Gasteiger partial charge is 0.383 e. The Morgan fingerprint density at radius 2 is 2.20 bits per heavy atom. The fourth-order valence-corrected chi connectivity index (χ4v) is 3.20. The van der Waals surface area contributed by atoms with E-state index in [4.69, 9.17) is 4.74 Å². The average molecular weight is 284 g/mol. The summed E-state index contributed by atoms with van der Waals surface area (Å²) >= 11 is 0. The maximum absolute atomic E-state index is 13.1. The number of piperidine rings is 1. The van der Waals surface area contributed by atoms with Gasteiger partial charge in [-0.25, -0.2) is 0 Å². The molecule has 0 aromatic heterocycles. The highest BCUT2D eigenvalue weighted by molar-refractivity contribution is 5.83. The molecule has 1 aliphatic heterocycles. The van der Waals surface area contributed by atoms with Crippen LogP contribution in [0.3, 0.4) is 0 Å². The van der Waals surface area contributed by atoms with E-state index in [1.54, 1.807) is 7.11 Å². The summed E-state index contributed by atoms with van der Waals surface area (Å²) in [5.74, 6) is 0.823. The predicted octanol–water partition coefficient (Wildman–Crippen LogP) is 2.29. The van der Waals surface area contributed by atoms with Gasteiger partial charge in [0.2, 0.25) is 5.91 Å². The number of amides is 1. The molecule has 0 spiro atoms. The minimum absolute atomic E-state index is 0.185. The summed E-state index contributed by atoms with van der Waals surface area (Å²) in [5, 5.41) is 3.43. The average Bonchev–Trinajstić information content (AvgIpc) is 2.43. The summed E-state index contributed by atoms with van der Waals surface area (Å²) in [7, 11) is 1.70. The second kappa shape index (κ2) is 8.63. The first kappa shape index (κ1) is 17.4. The van der Waals surface area contributed by atoms with E-state index in [1.807, 2.05) is 4.90 Å². The van der Waals surface area contributed by atoms with Gasteiger partial charge in [-0.1, -0.05) is 27.2 Å². The first-order valence-electron chi connectivity index (χ1n) is 8.04. The molecule has 1 aliphatic rings. The van der Waals surface area contributed by atoms with Crippen LogP contribution in [0.1, 0.15) is 46.5 Å². The summed E-state index contributed by atoms with van der Waals surface area (Å²) < 4.78 is 5.17. The molecule has 1 fully saturated rings. The topological polar surface area (TPSA) is 41.6 Å². The summed E-state index contributed by atoms with van der Waals surface area (Å²) in [4.78, 5) is 15.1. The zero-order valence-corrected chi connectivity index (χ0v) is 13.7. The quantitative estimate of drug-likeness (QED) is 0.743. The van der Waals surface area contributed by atoms with Crippen molar-refractivity contribution in [1.29, 1.82) is 0 Å². The van der Waals surface area contributed by atoms with Crippen LogP contribution in [0.2, 0.25) is 0 Å². The molecule has 0 aromatic rings. The summed E-state index contributed by atoms with van der Waals surface area (Å²) in [6.07, 6.45) is 4.17. The van der Waals surface area contributed by atoms with Crippen LogP contribution in [0.15, 0.2) is 0 Å². The number of carbonyl (C=O) groups is 1. The van der Waals surface area contributed by atoms with E-state index in [-0.39, 0.29) is 5.41 Å². The van der Waals surface area contributed by atoms with Crippen molar-refractivity contribution in [3.05, 3.63) is 0 Å². The van der Waals surface area contributed by atoms with Gasteiger partial charge in [-0.15, -0.1) is 0 Å². The molecule has 0 bridgehead atoms. The minimum atomic E-state index is -0.185. The minimum Gasteiger partial charge on any atom is -0.383 e. The second-order valence-electron chi connectivity index (χ2n) is 6.45. The lowest BCUT2D eigenvalue weighted by Gasteiger charge is -2.40. The number of hydrogen-bond donors (Lipinski definition) is 1. The van der Waals surface area contributed by atoms with E-state index in [2.05, 4.69) is 26.1 Å². The lowest BCUT2D eigenvalue weighted by molar-refractivity contribution is -0.145. The van der Waals surface area contributed by atoms with Crippen LogP contribution in [0, 0.1) is 11.3 Å². The van der Waals surface area contributed by atoms with Crippen LogP contribution >= 0.6 is 0 Å². The number of nitrogens with one attached hydrogen (secondary N) is 1. The van der Waals surface area contributed by atoms with Gasteiger partial charge < -0.3 is 15.0 Å². The van der Waals surface area contributed by atoms with Crippen molar-refractivity contribution in [3.63, 3.8) is 0 Å². The highest BCUT2D eigenvalue weighted by Gasteiger charge is 2.41. The van der Waals surface area contributed by atoms with Crippen molar-refractivity contribution in [3.8, 4) is 0 Å². The van der Waals surface area contributed by atoms with Crippen LogP contribution in [0.5, 0.6) is 0 Å². The van der Waals surface area contributed by atoms with Crippen molar-refractivity contribution in [2.75, 3.05) is 39.9 Å². The van der Waals surface area contributed by atoms with E-state index in [1.165, 1.54) is 0 Å². The molecular weight excluding hydrogens is 252 g/mol. The number of carbonyl (C=O) groups excluding carboxylic acids is 1. The van der Waals surface area contributed by atoms with E-state index >= 15 is 0 Å². The highest BCUT2D eigenvalue weighted by Crippen LogP contribution is 2.34. The van der Waals surface area contributed by atoms with Crippen molar-refractivity contribution in [1.82, 2.24) is 10.2 Å². The van der Waals surface area contributed by atoms with E-state index in [0.717, 1.165) is 45.3 Å². The molecule has 1 saturated heterocycles. The number of methoxy groups -OCH3 is 1. The van der Waals surface area contributed by atoms with Crippen molar-refractivity contribution in [2.45, 2.75) is 46.5 Å². The van der Waals surface area contributed by atoms with Crippen molar-refractivity contribution < 1.29 is 9.53 Å². The molecule has 4 heteroatoms. The van der Waals surface area contributed by atoms with Gasteiger partial charge in [-0.05, 0) is 31.7 Å². The smallest absolute Gasteiger partial charge is 0.230 e. The summed E-state index contributed by atoms with van der Waals surface area (Å²) in [6.45, 7) is 10.5. The van der Waals surface area contributed by atoms with Gasteiger partial charge in [-0.3, -0.25) is 4.79 Å². The molecule has 0 aromatic carbocycles. The third-order valence-corrected chi connectivity index (χ3v) is 4.09. The Morgan fingerprint density at radius 3 is 2.70 bits per heavy atom. The summed E-state index contributed by atoms with van der Waals surface area (Å²) in [6, 6.07) is 0. The first-order valence-corrected chi connectivity index (χ1v) is 8.04. The fraction of sp³-hybridized carbons (Fsp3) is 0.938. The number of nitrogens with zero attached hydrogens (tertiary/aromatic N) is 1. The third-order valence-electron chi connectivity index (χ3n) is 4.09. The van der Waals surface area contributed by atoms with Gasteiger partial charge in [0.05, 0.1) is 12.0 Å². The van der Waals surface area contributed by atoms with Crippen LogP contribution in [0.4, 0.5) is 0 Å². The van der Waals surface area contributed by atoms with Gasteiger partial charge in [0.25, 0.3) is 0 Å². The molecule has 0 radical (unpaired) electrons. The Bertz CT molecular complexity index is 281. The Hall–Kier alpha value is -0.610. The number of hydrogen-bond acceptors (Lipinski definition) is 3. The maximum atomic E-state index is 13.1. The maximum Gasteiger partial charge on any atom is 0.230 e. The molecule has 1 amide bonds. The molecule has 1 heterocycles. The first-order chi connectivity index (χ1) is 9.55. The molecule has 1 unspecified atom stereocenters. The molecule has 1 rings (SSSR count). The SMILES string of the molecule is CCCC1(C(=O)N(CCOC)CC(C)C)CCCNC1. The van der Waals surface area contributed by atoms with E-state index < -0.39 is 0 Å². The zero-order valence-electron chi connectivity index (χ0n) is 13.7. The summed E-state index contributed by atoms with van der Waals surface area (Å²) in [5.41, 5.74) is -0.185. The number of rotatable bonds is 8. The van der Waals surface area contributed by atoms with Gasteiger partial charge in [0, 0.05) is 26.7 Å². The molecule has 118 valence electrons. The molecular formula is C16H32N2O2. The number of ether oxygens (including phenoxy) is 1. The Balaban J connectivity index is 2.81. The molecule has 4 nitrogen and oxygen atoms in total. The van der Waals surface area contributed by atoms with Gasteiger partial charge in [0.1, 0.15) is 0 Å². The molecule has 1 atom stereocenters.